The van der Waals surface area contributed by atoms with E-state index in [0.717, 1.165) is 36.1 Å². The molecule has 4 heteroatoms. The lowest BCUT2D eigenvalue weighted by atomic mass is 9.93. The van der Waals surface area contributed by atoms with Crippen LogP contribution in [-0.2, 0) is 12.8 Å². The summed E-state index contributed by atoms with van der Waals surface area (Å²) in [6, 6.07) is 15.5. The van der Waals surface area contributed by atoms with Crippen molar-refractivity contribution in [2.75, 3.05) is 18.5 Å². The molecular weight excluding hydrogens is 300 g/mol. The lowest BCUT2D eigenvalue weighted by Crippen LogP contribution is -2.44. The summed E-state index contributed by atoms with van der Waals surface area (Å²) in [6.45, 7) is 2.67. The Kier molecular flexibility index (Phi) is 5.16. The fraction of sp³-hybridized carbons (Fsp3) is 0.350. The van der Waals surface area contributed by atoms with Crippen molar-refractivity contribution in [1.29, 1.82) is 0 Å². The molecule has 0 spiro atoms. The van der Waals surface area contributed by atoms with E-state index in [9.17, 15) is 9.90 Å². The zero-order valence-electron chi connectivity index (χ0n) is 14.0. The van der Waals surface area contributed by atoms with Crippen LogP contribution < -0.4 is 5.32 Å². The Bertz CT molecular complexity index is 714. The summed E-state index contributed by atoms with van der Waals surface area (Å²) in [4.78, 5) is 14.5. The molecule has 126 valence electrons. The van der Waals surface area contributed by atoms with Crippen LogP contribution in [0.1, 0.15) is 36.1 Å². The number of aliphatic hydroxyl groups excluding tert-OH is 1. The minimum Gasteiger partial charge on any atom is -0.394 e. The minimum absolute atomic E-state index is 0.0684. The van der Waals surface area contributed by atoms with Gasteiger partial charge in [-0.05, 0) is 35.6 Å². The van der Waals surface area contributed by atoms with Crippen LogP contribution in [0.4, 0.5) is 10.5 Å². The van der Waals surface area contributed by atoms with Crippen molar-refractivity contribution in [1.82, 2.24) is 4.90 Å². The van der Waals surface area contributed by atoms with E-state index >= 15 is 0 Å². The van der Waals surface area contributed by atoms with Crippen molar-refractivity contribution in [3.05, 3.63) is 65.2 Å². The Morgan fingerprint density at radius 2 is 1.96 bits per heavy atom. The van der Waals surface area contributed by atoms with Crippen LogP contribution in [0.25, 0.3) is 0 Å². The van der Waals surface area contributed by atoms with Crippen molar-refractivity contribution in [2.24, 2.45) is 0 Å². The molecule has 2 N–H and O–H groups in total. The first-order chi connectivity index (χ1) is 11.7. The summed E-state index contributed by atoms with van der Waals surface area (Å²) in [7, 11) is 0. The fourth-order valence-electron chi connectivity index (χ4n) is 3.41. The van der Waals surface area contributed by atoms with Gasteiger partial charge in [0.15, 0.2) is 0 Å². The first-order valence-corrected chi connectivity index (χ1v) is 8.58. The van der Waals surface area contributed by atoms with E-state index in [4.69, 9.17) is 0 Å². The molecule has 2 aromatic carbocycles. The summed E-state index contributed by atoms with van der Waals surface area (Å²) in [6.07, 6.45) is 2.78. The van der Waals surface area contributed by atoms with Crippen molar-refractivity contribution in [3.63, 3.8) is 0 Å². The van der Waals surface area contributed by atoms with Gasteiger partial charge in [-0.25, -0.2) is 4.79 Å². The number of carbonyl (C=O) groups is 1. The van der Waals surface area contributed by atoms with Crippen molar-refractivity contribution >= 4 is 11.7 Å². The standard InChI is InChI=1S/C20H24N2O2/c1-2-7-16-9-4-6-11-18(16)21-20(24)22-13-12-15-8-3-5-10-17(15)19(22)14-23/h3-6,8-11,19,23H,2,7,12-14H2,1H3,(H,21,24). The largest absolute Gasteiger partial charge is 0.394 e. The number of rotatable bonds is 4. The summed E-state index contributed by atoms with van der Waals surface area (Å²) in [5.74, 6) is 0. The first-order valence-electron chi connectivity index (χ1n) is 8.58. The van der Waals surface area contributed by atoms with Crippen LogP contribution in [0.2, 0.25) is 0 Å². The SMILES string of the molecule is CCCc1ccccc1NC(=O)N1CCc2ccccc2C1CO. The van der Waals surface area contributed by atoms with Gasteiger partial charge in [0.2, 0.25) is 0 Å². The van der Waals surface area contributed by atoms with Crippen LogP contribution in [-0.4, -0.2) is 29.2 Å². The van der Waals surface area contributed by atoms with Crippen LogP contribution in [0.3, 0.4) is 0 Å². The van der Waals surface area contributed by atoms with Gasteiger partial charge in [0.25, 0.3) is 0 Å². The molecule has 4 nitrogen and oxygen atoms in total. The van der Waals surface area contributed by atoms with Gasteiger partial charge in [-0.1, -0.05) is 55.8 Å². The number of anilines is 1. The summed E-state index contributed by atoms with van der Waals surface area (Å²) < 4.78 is 0. The van der Waals surface area contributed by atoms with Gasteiger partial charge in [0.05, 0.1) is 12.6 Å². The third-order valence-electron chi connectivity index (χ3n) is 4.62. The molecule has 0 saturated carbocycles. The van der Waals surface area contributed by atoms with Gasteiger partial charge < -0.3 is 15.3 Å². The fourth-order valence-corrected chi connectivity index (χ4v) is 3.41. The number of hydrogen-bond donors (Lipinski definition) is 2. The number of carbonyl (C=O) groups excluding carboxylic acids is 1. The molecule has 1 aliphatic heterocycles. The van der Waals surface area contributed by atoms with Crippen LogP contribution in [0.5, 0.6) is 0 Å². The Morgan fingerprint density at radius 1 is 1.21 bits per heavy atom. The summed E-state index contributed by atoms with van der Waals surface area (Å²) >= 11 is 0. The van der Waals surface area contributed by atoms with Gasteiger partial charge in [0, 0.05) is 12.2 Å². The molecule has 0 fully saturated rings. The highest BCUT2D eigenvalue weighted by Gasteiger charge is 2.30. The molecular formula is C20H24N2O2. The molecule has 0 aromatic heterocycles. The molecule has 0 saturated heterocycles. The van der Waals surface area contributed by atoms with E-state index in [2.05, 4.69) is 18.3 Å². The van der Waals surface area contributed by atoms with Gasteiger partial charge in [-0.3, -0.25) is 0 Å². The second-order valence-corrected chi connectivity index (χ2v) is 6.18. The predicted molar refractivity (Wildman–Crippen MR) is 96.1 cm³/mol. The molecule has 0 bridgehead atoms. The van der Waals surface area contributed by atoms with E-state index in [0.29, 0.717) is 6.54 Å². The molecule has 2 aromatic rings. The molecule has 24 heavy (non-hydrogen) atoms. The molecule has 1 aliphatic rings. The van der Waals surface area contributed by atoms with Gasteiger partial charge >= 0.3 is 6.03 Å². The van der Waals surface area contributed by atoms with Crippen LogP contribution in [0, 0.1) is 0 Å². The molecule has 1 heterocycles. The molecule has 0 radical (unpaired) electrons. The zero-order chi connectivity index (χ0) is 16.9. The maximum atomic E-state index is 12.8. The van der Waals surface area contributed by atoms with E-state index in [-0.39, 0.29) is 18.7 Å². The molecule has 1 atom stereocenters. The Morgan fingerprint density at radius 3 is 2.75 bits per heavy atom. The highest BCUT2D eigenvalue weighted by atomic mass is 16.3. The van der Waals surface area contributed by atoms with Crippen molar-refractivity contribution in [2.45, 2.75) is 32.2 Å². The smallest absolute Gasteiger partial charge is 0.322 e. The lowest BCUT2D eigenvalue weighted by molar-refractivity contribution is 0.135. The highest BCUT2D eigenvalue weighted by Crippen LogP contribution is 2.30. The maximum Gasteiger partial charge on any atom is 0.322 e. The normalized spacial score (nSPS) is 16.6. The minimum atomic E-state index is -0.284. The second-order valence-electron chi connectivity index (χ2n) is 6.18. The van der Waals surface area contributed by atoms with E-state index in [1.54, 1.807) is 4.90 Å². The van der Waals surface area contributed by atoms with E-state index in [1.165, 1.54) is 5.56 Å². The number of aliphatic hydroxyl groups is 1. The molecule has 1 unspecified atom stereocenters. The number of aryl methyl sites for hydroxylation is 1. The van der Waals surface area contributed by atoms with Gasteiger partial charge in [0.1, 0.15) is 0 Å². The van der Waals surface area contributed by atoms with E-state index < -0.39 is 0 Å². The number of nitrogens with zero attached hydrogens (tertiary/aromatic N) is 1. The maximum absolute atomic E-state index is 12.8. The van der Waals surface area contributed by atoms with Crippen molar-refractivity contribution < 1.29 is 9.90 Å². The highest BCUT2D eigenvalue weighted by molar-refractivity contribution is 5.90. The number of para-hydroxylation sites is 1. The molecule has 2 amide bonds. The zero-order valence-corrected chi connectivity index (χ0v) is 14.0. The molecule has 3 rings (SSSR count). The van der Waals surface area contributed by atoms with E-state index in [1.807, 2.05) is 42.5 Å². The average Bonchev–Trinajstić information content (AvgIpc) is 2.62. The lowest BCUT2D eigenvalue weighted by Gasteiger charge is -2.36. The molecule has 0 aliphatic carbocycles. The average molecular weight is 324 g/mol. The first kappa shape index (κ1) is 16.5. The van der Waals surface area contributed by atoms with Gasteiger partial charge in [-0.15, -0.1) is 0 Å². The van der Waals surface area contributed by atoms with Gasteiger partial charge in [-0.2, -0.15) is 0 Å². The quantitative estimate of drug-likeness (QED) is 0.899. The third kappa shape index (κ3) is 3.29. The van der Waals surface area contributed by atoms with Crippen LogP contribution >= 0.6 is 0 Å². The third-order valence-corrected chi connectivity index (χ3v) is 4.62. The second kappa shape index (κ2) is 7.49. The number of fused-ring (bicyclic) bond motifs is 1. The van der Waals surface area contributed by atoms with Crippen LogP contribution in [0.15, 0.2) is 48.5 Å². The summed E-state index contributed by atoms with van der Waals surface area (Å²) in [5.41, 5.74) is 4.27. The number of hydrogen-bond acceptors (Lipinski definition) is 2. The Labute approximate surface area is 143 Å². The number of amides is 2. The van der Waals surface area contributed by atoms with Crippen molar-refractivity contribution in [3.8, 4) is 0 Å². The Balaban J connectivity index is 1.81. The predicted octanol–water partition coefficient (Wildman–Crippen LogP) is 3.76. The summed E-state index contributed by atoms with van der Waals surface area (Å²) in [5, 5.41) is 12.9. The number of nitrogens with one attached hydrogen (secondary N) is 1. The monoisotopic (exact) mass is 324 g/mol. The topological polar surface area (TPSA) is 52.6 Å². The number of benzene rings is 2. The number of urea groups is 1. The Hall–Kier alpha value is -2.33.